The van der Waals surface area contributed by atoms with Crippen LogP contribution in [0.15, 0.2) is 48.5 Å². The summed E-state index contributed by atoms with van der Waals surface area (Å²) in [6, 6.07) is 15.5. The molecule has 4 N–H and O–H groups in total. The minimum absolute atomic E-state index is 0.0723. The Morgan fingerprint density at radius 2 is 1.46 bits per heavy atom. The summed E-state index contributed by atoms with van der Waals surface area (Å²) in [5, 5.41) is 16.0. The highest BCUT2D eigenvalue weighted by Crippen LogP contribution is 2.44. The van der Waals surface area contributed by atoms with Crippen LogP contribution in [0.2, 0.25) is 0 Å². The Balaban J connectivity index is 1.56. The van der Waals surface area contributed by atoms with E-state index in [-0.39, 0.29) is 25.0 Å². The lowest BCUT2D eigenvalue weighted by Gasteiger charge is -2.27. The maximum atomic E-state index is 12.7. The smallest absolute Gasteiger partial charge is 0.407 e. The Bertz CT molecular complexity index is 1050. The molecule has 0 saturated carbocycles. The molecule has 2 atom stereocenters. The molecule has 0 aromatic heterocycles. The van der Waals surface area contributed by atoms with Gasteiger partial charge in [0.25, 0.3) is 0 Å². The number of carboxylic acid groups (broad SMARTS) is 1. The maximum Gasteiger partial charge on any atom is 0.407 e. The Kier molecular flexibility index (Phi) is 8.46. The normalized spacial score (nSPS) is 13.8. The van der Waals surface area contributed by atoms with E-state index in [2.05, 4.69) is 28.1 Å². The number of ether oxygens (including phenoxy) is 1. The van der Waals surface area contributed by atoms with Gasteiger partial charge in [0.15, 0.2) is 0 Å². The van der Waals surface area contributed by atoms with Crippen molar-refractivity contribution in [2.45, 2.75) is 32.7 Å². The highest BCUT2D eigenvalue weighted by atomic mass is 16.5. The minimum Gasteiger partial charge on any atom is -0.480 e. The molecule has 0 spiro atoms. The minimum atomic E-state index is -1.18. The van der Waals surface area contributed by atoms with Gasteiger partial charge in [0.1, 0.15) is 13.2 Å². The van der Waals surface area contributed by atoms with Gasteiger partial charge < -0.3 is 25.8 Å². The van der Waals surface area contributed by atoms with Gasteiger partial charge in [-0.15, -0.1) is 0 Å². The van der Waals surface area contributed by atoms with Crippen LogP contribution in [0.5, 0.6) is 0 Å². The molecule has 1 aliphatic carbocycles. The van der Waals surface area contributed by atoms with E-state index in [0.29, 0.717) is 0 Å². The second-order valence-electron chi connectivity index (χ2n) is 8.92. The van der Waals surface area contributed by atoms with E-state index >= 15 is 0 Å². The van der Waals surface area contributed by atoms with E-state index in [4.69, 9.17) is 9.84 Å². The molecule has 3 amide bonds. The predicted molar refractivity (Wildman–Crippen MR) is 130 cm³/mol. The number of aliphatic carboxylic acids is 1. The van der Waals surface area contributed by atoms with E-state index in [9.17, 15) is 19.2 Å². The van der Waals surface area contributed by atoms with Crippen molar-refractivity contribution in [2.75, 3.05) is 19.7 Å². The van der Waals surface area contributed by atoms with Crippen LogP contribution in [-0.2, 0) is 19.1 Å². The first-order valence-corrected chi connectivity index (χ1v) is 11.6. The van der Waals surface area contributed by atoms with Crippen molar-refractivity contribution in [1.29, 1.82) is 0 Å². The van der Waals surface area contributed by atoms with Gasteiger partial charge in [0, 0.05) is 12.0 Å². The topological polar surface area (TPSA) is 134 Å². The molecule has 0 bridgehead atoms. The second-order valence-corrected chi connectivity index (χ2v) is 8.92. The molecule has 0 heterocycles. The van der Waals surface area contributed by atoms with Crippen molar-refractivity contribution >= 4 is 23.9 Å². The Morgan fingerprint density at radius 1 is 0.886 bits per heavy atom. The average molecular weight is 482 g/mol. The predicted octanol–water partition coefficient (Wildman–Crippen LogP) is 2.50. The standard InChI is InChI=1S/C26H31N3O6/c1-15(2)24(25(33)28-12-22(30)27-13-23(31)32)16(3)29-26(34)35-14-21-19-10-6-4-8-17(19)18-9-5-7-11-20(18)21/h4-11,15-16,21,24H,12-14H2,1-3H3,(H,27,30)(H,28,33)(H,29,34)(H,31,32). The number of hydrogen-bond acceptors (Lipinski definition) is 5. The molecule has 1 aliphatic rings. The summed E-state index contributed by atoms with van der Waals surface area (Å²) in [6.45, 7) is 4.66. The molecule has 2 unspecified atom stereocenters. The molecule has 3 rings (SSSR count). The van der Waals surface area contributed by atoms with Gasteiger partial charge in [0.05, 0.1) is 12.5 Å². The first-order valence-electron chi connectivity index (χ1n) is 11.6. The van der Waals surface area contributed by atoms with Crippen LogP contribution in [0.25, 0.3) is 11.1 Å². The summed E-state index contributed by atoms with van der Waals surface area (Å²) in [7, 11) is 0. The van der Waals surface area contributed by atoms with Gasteiger partial charge in [-0.05, 0) is 35.1 Å². The zero-order chi connectivity index (χ0) is 25.5. The molecule has 2 aromatic carbocycles. The SMILES string of the molecule is CC(C)C(C(=O)NCC(=O)NCC(=O)O)C(C)NC(=O)OCC1c2ccccc2-c2ccccc21. The maximum absolute atomic E-state index is 12.7. The van der Waals surface area contributed by atoms with Gasteiger partial charge in [-0.25, -0.2) is 4.79 Å². The van der Waals surface area contributed by atoms with Crippen LogP contribution in [0.3, 0.4) is 0 Å². The highest BCUT2D eigenvalue weighted by Gasteiger charge is 2.32. The average Bonchev–Trinajstić information content (AvgIpc) is 3.13. The fourth-order valence-electron chi connectivity index (χ4n) is 4.54. The van der Waals surface area contributed by atoms with Crippen molar-refractivity contribution in [2.24, 2.45) is 11.8 Å². The zero-order valence-electron chi connectivity index (χ0n) is 20.0. The Labute approximate surface area is 204 Å². The second kappa shape index (κ2) is 11.5. The third-order valence-corrected chi connectivity index (χ3v) is 6.11. The third kappa shape index (κ3) is 6.38. The molecule has 0 aliphatic heterocycles. The van der Waals surface area contributed by atoms with Crippen LogP contribution >= 0.6 is 0 Å². The van der Waals surface area contributed by atoms with E-state index < -0.39 is 42.4 Å². The summed E-state index contributed by atoms with van der Waals surface area (Å²) in [4.78, 5) is 47.5. The number of carbonyl (C=O) groups excluding carboxylic acids is 3. The molecule has 2 aromatic rings. The molecule has 0 saturated heterocycles. The fraction of sp³-hybridized carbons (Fsp3) is 0.385. The first-order chi connectivity index (χ1) is 16.7. The van der Waals surface area contributed by atoms with Gasteiger partial charge in [-0.2, -0.15) is 0 Å². The number of benzene rings is 2. The van der Waals surface area contributed by atoms with Crippen molar-refractivity contribution in [3.8, 4) is 11.1 Å². The monoisotopic (exact) mass is 481 g/mol. The summed E-state index contributed by atoms with van der Waals surface area (Å²) in [5.74, 6) is -3.04. The first kappa shape index (κ1) is 25.7. The number of amides is 3. The molecule has 9 nitrogen and oxygen atoms in total. The van der Waals surface area contributed by atoms with Crippen LogP contribution in [0.1, 0.15) is 37.8 Å². The fourth-order valence-corrected chi connectivity index (χ4v) is 4.54. The number of alkyl carbamates (subject to hydrolysis) is 1. The quantitative estimate of drug-likeness (QED) is 0.412. The summed E-state index contributed by atoms with van der Waals surface area (Å²) in [5.41, 5.74) is 4.48. The molecular weight excluding hydrogens is 450 g/mol. The van der Waals surface area contributed by atoms with E-state index in [0.717, 1.165) is 22.3 Å². The number of rotatable bonds is 10. The molecule has 0 radical (unpaired) electrons. The van der Waals surface area contributed by atoms with Crippen molar-refractivity contribution in [3.63, 3.8) is 0 Å². The summed E-state index contributed by atoms with van der Waals surface area (Å²) in [6.07, 6.45) is -0.628. The van der Waals surface area contributed by atoms with Gasteiger partial charge >= 0.3 is 12.1 Å². The van der Waals surface area contributed by atoms with E-state index in [1.807, 2.05) is 50.2 Å². The van der Waals surface area contributed by atoms with Gasteiger partial charge in [0.2, 0.25) is 11.8 Å². The number of carboxylic acids is 1. The van der Waals surface area contributed by atoms with E-state index in [1.165, 1.54) is 0 Å². The zero-order valence-corrected chi connectivity index (χ0v) is 20.0. The van der Waals surface area contributed by atoms with Crippen LogP contribution in [0, 0.1) is 11.8 Å². The number of carbonyl (C=O) groups is 4. The van der Waals surface area contributed by atoms with Crippen molar-refractivity contribution in [3.05, 3.63) is 59.7 Å². The number of nitrogens with one attached hydrogen (secondary N) is 3. The van der Waals surface area contributed by atoms with Crippen molar-refractivity contribution in [1.82, 2.24) is 16.0 Å². The molecule has 0 fully saturated rings. The van der Waals surface area contributed by atoms with Crippen molar-refractivity contribution < 1.29 is 29.0 Å². The highest BCUT2D eigenvalue weighted by molar-refractivity contribution is 5.88. The lowest BCUT2D eigenvalue weighted by Crippen LogP contribution is -2.49. The van der Waals surface area contributed by atoms with Gasteiger partial charge in [-0.3, -0.25) is 14.4 Å². The summed E-state index contributed by atoms with van der Waals surface area (Å²) >= 11 is 0. The Hall–Kier alpha value is -3.88. The lowest BCUT2D eigenvalue weighted by molar-refractivity contribution is -0.137. The Morgan fingerprint density at radius 3 is 2.00 bits per heavy atom. The van der Waals surface area contributed by atoms with Crippen LogP contribution in [-0.4, -0.2) is 54.7 Å². The van der Waals surface area contributed by atoms with Gasteiger partial charge in [-0.1, -0.05) is 62.4 Å². The summed E-state index contributed by atoms with van der Waals surface area (Å²) < 4.78 is 5.57. The number of fused-ring (bicyclic) bond motifs is 3. The largest absolute Gasteiger partial charge is 0.480 e. The number of hydrogen-bond donors (Lipinski definition) is 4. The van der Waals surface area contributed by atoms with E-state index in [1.54, 1.807) is 6.92 Å². The molecule has 9 heteroatoms. The van der Waals surface area contributed by atoms with Crippen LogP contribution < -0.4 is 16.0 Å². The molecule has 35 heavy (non-hydrogen) atoms. The molecule has 186 valence electrons. The lowest BCUT2D eigenvalue weighted by atomic mass is 9.88. The van der Waals surface area contributed by atoms with Crippen LogP contribution in [0.4, 0.5) is 4.79 Å². The molecular formula is C26H31N3O6. The third-order valence-electron chi connectivity index (χ3n) is 6.11.